The number of benzene rings is 2. The van der Waals surface area contributed by atoms with Gasteiger partial charge in [-0.3, -0.25) is 4.79 Å². The normalized spacial score (nSPS) is 21.6. The van der Waals surface area contributed by atoms with Crippen LogP contribution in [0.5, 0.6) is 0 Å². The van der Waals surface area contributed by atoms with Gasteiger partial charge in [0.15, 0.2) is 5.82 Å². The monoisotopic (exact) mass is 558 g/mol. The van der Waals surface area contributed by atoms with E-state index in [-0.39, 0.29) is 6.10 Å². The van der Waals surface area contributed by atoms with Gasteiger partial charge in [0.1, 0.15) is 17.6 Å². The third-order valence-electron chi connectivity index (χ3n) is 7.91. The molecule has 2 aliphatic carbocycles. The van der Waals surface area contributed by atoms with Gasteiger partial charge in [0.2, 0.25) is 0 Å². The van der Waals surface area contributed by atoms with Crippen molar-refractivity contribution in [2.75, 3.05) is 0 Å². The zero-order valence-electron chi connectivity index (χ0n) is 22.8. The molecule has 2 aromatic carbocycles. The second kappa shape index (κ2) is 12.3. The highest BCUT2D eigenvalue weighted by Crippen LogP contribution is 2.37. The van der Waals surface area contributed by atoms with E-state index in [9.17, 15) is 14.7 Å². The molecule has 1 fully saturated rings. The molecule has 0 bridgehead atoms. The number of aromatic nitrogens is 4. The number of nitrogens with zero attached hydrogens (tertiary/aromatic N) is 3. The van der Waals surface area contributed by atoms with E-state index >= 15 is 0 Å². The summed E-state index contributed by atoms with van der Waals surface area (Å²) in [6.07, 6.45) is 7.34. The lowest BCUT2D eigenvalue weighted by molar-refractivity contribution is -0.154. The number of rotatable bonds is 9. The van der Waals surface area contributed by atoms with Crippen LogP contribution in [0.1, 0.15) is 44.6 Å². The Kier molecular flexibility index (Phi) is 8.44. The Morgan fingerprint density at radius 2 is 1.85 bits per heavy atom. The van der Waals surface area contributed by atoms with Crippen molar-refractivity contribution >= 4 is 12.1 Å². The van der Waals surface area contributed by atoms with Gasteiger partial charge in [0.25, 0.3) is 0 Å². The summed E-state index contributed by atoms with van der Waals surface area (Å²) >= 11 is 0. The summed E-state index contributed by atoms with van der Waals surface area (Å²) in [6.45, 7) is 1.89. The van der Waals surface area contributed by atoms with E-state index in [0.29, 0.717) is 18.1 Å². The maximum atomic E-state index is 12.8. The van der Waals surface area contributed by atoms with Crippen LogP contribution in [0.4, 0.5) is 4.79 Å². The van der Waals surface area contributed by atoms with E-state index < -0.39 is 29.7 Å². The molecule has 0 spiro atoms. The number of aromatic amines is 1. The van der Waals surface area contributed by atoms with E-state index in [4.69, 9.17) is 15.2 Å². The molecule has 3 unspecified atom stereocenters. The fourth-order valence-corrected chi connectivity index (χ4v) is 5.64. The number of ether oxygens (including phenoxy) is 2. The second-order valence-electron chi connectivity index (χ2n) is 10.5. The zero-order chi connectivity index (χ0) is 28.8. The van der Waals surface area contributed by atoms with Crippen molar-refractivity contribution in [3.8, 4) is 22.5 Å². The topological polar surface area (TPSA) is 165 Å². The Morgan fingerprint density at radius 3 is 2.54 bits per heavy atom. The highest BCUT2D eigenvalue weighted by Gasteiger charge is 2.52. The fourth-order valence-electron chi connectivity index (χ4n) is 5.64. The van der Waals surface area contributed by atoms with Crippen LogP contribution >= 0.6 is 0 Å². The standard InChI is InChI=1S/C30H34N6O5/c1-19(40-29(39)41-22-8-3-2-4-9-22)30(28(37)38)17-7-12-25(31)26(30)32-18-20-13-15-21(16-14-20)23-10-5-6-11-24(23)27-33-35-36-34-27/h5-7,10-17,19,22,26,32H,2-4,8-9,18,31H2,1H3,(H,37,38)(H,33,34,35,36). The van der Waals surface area contributed by atoms with Gasteiger partial charge in [-0.2, -0.15) is 0 Å². The maximum absolute atomic E-state index is 12.8. The largest absolute Gasteiger partial charge is 0.508 e. The molecule has 2 aliphatic rings. The molecule has 3 aromatic rings. The predicted molar refractivity (Wildman–Crippen MR) is 151 cm³/mol. The van der Waals surface area contributed by atoms with Crippen LogP contribution in [0.3, 0.4) is 0 Å². The summed E-state index contributed by atoms with van der Waals surface area (Å²) < 4.78 is 11.1. The molecule has 1 saturated carbocycles. The number of aliphatic carboxylic acids is 1. The third-order valence-corrected chi connectivity index (χ3v) is 7.91. The minimum Gasteiger partial charge on any atom is -0.480 e. The van der Waals surface area contributed by atoms with Crippen molar-refractivity contribution in [1.29, 1.82) is 0 Å². The van der Waals surface area contributed by atoms with Gasteiger partial charge in [-0.05, 0) is 65.8 Å². The van der Waals surface area contributed by atoms with Crippen molar-refractivity contribution < 1.29 is 24.2 Å². The van der Waals surface area contributed by atoms with E-state index in [2.05, 4.69) is 25.9 Å². The predicted octanol–water partition coefficient (Wildman–Crippen LogP) is 4.35. The molecule has 0 saturated heterocycles. The summed E-state index contributed by atoms with van der Waals surface area (Å²) in [5.41, 5.74) is 8.76. The van der Waals surface area contributed by atoms with Crippen LogP contribution in [0.2, 0.25) is 0 Å². The summed E-state index contributed by atoms with van der Waals surface area (Å²) in [5.74, 6) is -0.586. The number of nitrogens with one attached hydrogen (secondary N) is 2. The van der Waals surface area contributed by atoms with Gasteiger partial charge < -0.3 is 25.6 Å². The van der Waals surface area contributed by atoms with Gasteiger partial charge in [0, 0.05) is 17.8 Å². The molecule has 11 nitrogen and oxygen atoms in total. The number of allylic oxidation sites excluding steroid dienone is 2. The van der Waals surface area contributed by atoms with Crippen LogP contribution in [-0.2, 0) is 20.8 Å². The molecule has 11 heteroatoms. The van der Waals surface area contributed by atoms with E-state index in [0.717, 1.165) is 54.4 Å². The highest BCUT2D eigenvalue weighted by molar-refractivity contribution is 5.81. The second-order valence-corrected chi connectivity index (χ2v) is 10.5. The Labute approximate surface area is 237 Å². The Bertz CT molecular complexity index is 1420. The summed E-state index contributed by atoms with van der Waals surface area (Å²) in [5, 5.41) is 27.9. The molecule has 41 heavy (non-hydrogen) atoms. The van der Waals surface area contributed by atoms with Gasteiger partial charge in [-0.25, -0.2) is 9.89 Å². The molecule has 1 aromatic heterocycles. The number of tetrazole rings is 1. The molecular weight excluding hydrogens is 524 g/mol. The first kappa shape index (κ1) is 28.0. The first-order valence-electron chi connectivity index (χ1n) is 13.8. The lowest BCUT2D eigenvalue weighted by Crippen LogP contribution is -2.58. The number of carboxylic acid groups (broad SMARTS) is 1. The molecule has 0 aliphatic heterocycles. The minimum atomic E-state index is -1.63. The average Bonchev–Trinajstić information content (AvgIpc) is 3.52. The Morgan fingerprint density at radius 1 is 1.12 bits per heavy atom. The zero-order valence-corrected chi connectivity index (χ0v) is 22.8. The summed E-state index contributed by atoms with van der Waals surface area (Å²) in [4.78, 5) is 25.4. The van der Waals surface area contributed by atoms with Crippen LogP contribution in [0.25, 0.3) is 22.5 Å². The van der Waals surface area contributed by atoms with Crippen LogP contribution in [-0.4, -0.2) is 56.1 Å². The number of nitrogens with two attached hydrogens (primary N) is 1. The van der Waals surface area contributed by atoms with Crippen LogP contribution < -0.4 is 11.1 Å². The number of hydrogen-bond donors (Lipinski definition) is 4. The smallest absolute Gasteiger partial charge is 0.480 e. The molecular formula is C30H34N6O5. The Balaban J connectivity index is 1.30. The minimum absolute atomic E-state index is 0.202. The van der Waals surface area contributed by atoms with Gasteiger partial charge >= 0.3 is 12.1 Å². The molecule has 3 atom stereocenters. The van der Waals surface area contributed by atoms with Gasteiger partial charge in [-0.15, -0.1) is 5.10 Å². The molecule has 0 radical (unpaired) electrons. The lowest BCUT2D eigenvalue weighted by atomic mass is 9.71. The van der Waals surface area contributed by atoms with Crippen LogP contribution in [0.15, 0.2) is 72.5 Å². The van der Waals surface area contributed by atoms with Crippen molar-refractivity contribution in [3.05, 3.63) is 78.0 Å². The van der Waals surface area contributed by atoms with Crippen LogP contribution in [0, 0.1) is 5.41 Å². The first-order chi connectivity index (χ1) is 19.9. The lowest BCUT2D eigenvalue weighted by Gasteiger charge is -2.41. The SMILES string of the molecule is CC(OC(=O)OC1CCCCC1)C1(C(=O)O)C=CC=C(N)C1NCc1ccc(-c2ccccc2-c2nnn[nH]2)cc1. The van der Waals surface area contributed by atoms with Gasteiger partial charge in [0.05, 0.1) is 6.04 Å². The number of carbonyl (C=O) groups excluding carboxylic acids is 1. The fraction of sp³-hybridized carbons (Fsp3) is 0.367. The number of hydrogen-bond acceptors (Lipinski definition) is 9. The molecule has 5 rings (SSSR count). The first-order valence-corrected chi connectivity index (χ1v) is 13.8. The van der Waals surface area contributed by atoms with E-state index in [1.165, 1.54) is 6.08 Å². The number of H-pyrrole nitrogens is 1. The molecule has 1 heterocycles. The van der Waals surface area contributed by atoms with Crippen molar-refractivity contribution in [3.63, 3.8) is 0 Å². The average molecular weight is 559 g/mol. The number of carboxylic acids is 1. The molecule has 5 N–H and O–H groups in total. The van der Waals surface area contributed by atoms with E-state index in [1.54, 1.807) is 19.1 Å². The van der Waals surface area contributed by atoms with Gasteiger partial charge in [-0.1, -0.05) is 67.1 Å². The summed E-state index contributed by atoms with van der Waals surface area (Å²) in [7, 11) is 0. The third kappa shape index (κ3) is 5.99. The highest BCUT2D eigenvalue weighted by atomic mass is 16.7. The van der Waals surface area contributed by atoms with Crippen molar-refractivity contribution in [1.82, 2.24) is 25.9 Å². The Hall–Kier alpha value is -4.51. The van der Waals surface area contributed by atoms with E-state index in [1.807, 2.05) is 48.5 Å². The summed E-state index contributed by atoms with van der Waals surface area (Å²) in [6, 6.07) is 14.9. The molecule has 214 valence electrons. The number of carbonyl (C=O) groups is 2. The molecule has 0 amide bonds. The maximum Gasteiger partial charge on any atom is 0.508 e. The quantitative estimate of drug-likeness (QED) is 0.277. The van der Waals surface area contributed by atoms with Crippen molar-refractivity contribution in [2.45, 2.75) is 63.8 Å². The van der Waals surface area contributed by atoms with Crippen molar-refractivity contribution in [2.24, 2.45) is 11.1 Å².